The van der Waals surface area contributed by atoms with E-state index >= 15 is 0 Å². The van der Waals surface area contributed by atoms with E-state index in [1.165, 1.54) is 0 Å². The van der Waals surface area contributed by atoms with Crippen molar-refractivity contribution in [2.75, 3.05) is 11.9 Å². The Morgan fingerprint density at radius 1 is 1.07 bits per heavy atom. The normalized spacial score (nSPS) is 10.2. The van der Waals surface area contributed by atoms with Crippen LogP contribution in [0.4, 0.5) is 5.69 Å². The average Bonchev–Trinajstić information content (AvgIpc) is 2.69. The van der Waals surface area contributed by atoms with E-state index in [1.54, 1.807) is 50.2 Å². The first kappa shape index (κ1) is 22.7. The molecule has 0 fully saturated rings. The Kier molecular flexibility index (Phi) is 8.48. The molecule has 0 unspecified atom stereocenters. The predicted octanol–water partition coefficient (Wildman–Crippen LogP) is 3.99. The monoisotopic (exact) mass is 481 g/mol. The van der Waals surface area contributed by atoms with E-state index in [9.17, 15) is 14.4 Å². The first-order chi connectivity index (χ1) is 13.8. The fourth-order valence-corrected chi connectivity index (χ4v) is 2.94. The molecule has 7 nitrogen and oxygen atoms in total. The van der Waals surface area contributed by atoms with Crippen molar-refractivity contribution in [2.45, 2.75) is 26.7 Å². The third-order valence-electron chi connectivity index (χ3n) is 3.92. The van der Waals surface area contributed by atoms with Crippen molar-refractivity contribution in [2.24, 2.45) is 0 Å². The number of benzene rings is 2. The summed E-state index contributed by atoms with van der Waals surface area (Å²) in [5.74, 6) is -0.951. The molecule has 0 radical (unpaired) electrons. The molecule has 2 aromatic rings. The highest BCUT2D eigenvalue weighted by atomic mass is 79.9. The van der Waals surface area contributed by atoms with Crippen LogP contribution in [0.2, 0.25) is 5.02 Å². The largest absolute Gasteiger partial charge is 0.493 e. The summed E-state index contributed by atoms with van der Waals surface area (Å²) in [5.41, 5.74) is 6.24. The first-order valence-electron chi connectivity index (χ1n) is 8.88. The van der Waals surface area contributed by atoms with Gasteiger partial charge in [0.1, 0.15) is 5.75 Å². The van der Waals surface area contributed by atoms with Crippen molar-refractivity contribution in [1.29, 1.82) is 0 Å². The first-order valence-corrected chi connectivity index (χ1v) is 10.1. The second-order valence-electron chi connectivity index (χ2n) is 6.04. The van der Waals surface area contributed by atoms with Crippen molar-refractivity contribution < 1.29 is 19.1 Å². The lowest BCUT2D eigenvalue weighted by atomic mass is 10.2. The average molecular weight is 483 g/mol. The lowest BCUT2D eigenvalue weighted by Crippen LogP contribution is -2.42. The summed E-state index contributed by atoms with van der Waals surface area (Å²) in [6, 6.07) is 10.2. The van der Waals surface area contributed by atoms with Gasteiger partial charge in [0.25, 0.3) is 5.91 Å². The molecule has 0 saturated carbocycles. The van der Waals surface area contributed by atoms with Crippen LogP contribution in [-0.4, -0.2) is 24.3 Å². The van der Waals surface area contributed by atoms with Gasteiger partial charge in [0.15, 0.2) is 0 Å². The Balaban J connectivity index is 1.84. The van der Waals surface area contributed by atoms with Gasteiger partial charge in [-0.1, -0.05) is 33.6 Å². The molecular weight excluding hydrogens is 462 g/mol. The summed E-state index contributed by atoms with van der Waals surface area (Å²) >= 11 is 9.32. The summed E-state index contributed by atoms with van der Waals surface area (Å²) in [7, 11) is 0. The Hall–Kier alpha value is -2.58. The molecule has 0 heterocycles. The lowest BCUT2D eigenvalue weighted by Gasteiger charge is -2.12. The van der Waals surface area contributed by atoms with Gasteiger partial charge in [-0.25, -0.2) is 0 Å². The van der Waals surface area contributed by atoms with Crippen LogP contribution >= 0.6 is 27.5 Å². The van der Waals surface area contributed by atoms with E-state index in [2.05, 4.69) is 32.1 Å². The lowest BCUT2D eigenvalue weighted by molar-refractivity contribution is -0.124. The van der Waals surface area contributed by atoms with E-state index in [4.69, 9.17) is 16.3 Å². The minimum Gasteiger partial charge on any atom is -0.493 e. The third-order valence-corrected chi connectivity index (χ3v) is 4.83. The van der Waals surface area contributed by atoms with E-state index in [1.807, 2.05) is 0 Å². The van der Waals surface area contributed by atoms with Crippen molar-refractivity contribution in [3.8, 4) is 5.75 Å². The summed E-state index contributed by atoms with van der Waals surface area (Å²) in [5, 5.41) is 3.26. The molecule has 2 aromatic carbocycles. The number of ether oxygens (including phenoxy) is 1. The standard InChI is InChI=1S/C20H21BrClN3O4/c1-3-29-17-8-7-13(21)11-14(17)20(28)25-24-19(27)10-9-18(26)23-16-6-4-5-15(22)12(16)2/h4-8,11H,3,9-10H2,1-2H3,(H,23,26)(H,24,27)(H,25,28). The zero-order valence-electron chi connectivity index (χ0n) is 16.0. The molecule has 0 bridgehead atoms. The molecule has 3 amide bonds. The molecule has 0 spiro atoms. The van der Waals surface area contributed by atoms with Gasteiger partial charge in [0.05, 0.1) is 12.2 Å². The predicted molar refractivity (Wildman–Crippen MR) is 115 cm³/mol. The smallest absolute Gasteiger partial charge is 0.273 e. The fraction of sp³-hybridized carbons (Fsp3) is 0.250. The maximum atomic E-state index is 12.3. The SMILES string of the molecule is CCOc1ccc(Br)cc1C(=O)NNC(=O)CCC(=O)Nc1cccc(Cl)c1C. The molecular formula is C20H21BrClN3O4. The molecule has 0 aliphatic carbocycles. The molecule has 154 valence electrons. The van der Waals surface area contributed by atoms with Crippen LogP contribution in [0.15, 0.2) is 40.9 Å². The molecule has 0 aliphatic heterocycles. The van der Waals surface area contributed by atoms with Crippen molar-refractivity contribution in [3.05, 3.63) is 57.0 Å². The van der Waals surface area contributed by atoms with Crippen molar-refractivity contribution >= 4 is 50.9 Å². The third kappa shape index (κ3) is 6.76. The molecule has 0 aliphatic rings. The second-order valence-corrected chi connectivity index (χ2v) is 7.36. The van der Waals surface area contributed by atoms with E-state index in [-0.39, 0.29) is 24.3 Å². The Labute approximate surface area is 182 Å². The van der Waals surface area contributed by atoms with Crippen LogP contribution in [-0.2, 0) is 9.59 Å². The molecule has 0 saturated heterocycles. The minimum atomic E-state index is -0.526. The summed E-state index contributed by atoms with van der Waals surface area (Å²) in [6.45, 7) is 4.00. The number of halogens is 2. The van der Waals surface area contributed by atoms with Gasteiger partial charge < -0.3 is 10.1 Å². The Morgan fingerprint density at radius 3 is 2.52 bits per heavy atom. The van der Waals surface area contributed by atoms with Gasteiger partial charge in [-0.05, 0) is 49.7 Å². The van der Waals surface area contributed by atoms with Crippen LogP contribution < -0.4 is 20.9 Å². The van der Waals surface area contributed by atoms with Crippen molar-refractivity contribution in [1.82, 2.24) is 10.9 Å². The fourth-order valence-electron chi connectivity index (χ4n) is 2.40. The summed E-state index contributed by atoms with van der Waals surface area (Å²) in [4.78, 5) is 36.3. The van der Waals surface area contributed by atoms with Crippen molar-refractivity contribution in [3.63, 3.8) is 0 Å². The molecule has 0 atom stereocenters. The Bertz CT molecular complexity index is 921. The number of hydrogen-bond donors (Lipinski definition) is 3. The molecule has 2 rings (SSSR count). The number of hydrogen-bond acceptors (Lipinski definition) is 4. The van der Waals surface area contributed by atoms with Gasteiger partial charge in [-0.15, -0.1) is 0 Å². The number of carbonyl (C=O) groups is 3. The van der Waals surface area contributed by atoms with E-state index < -0.39 is 11.8 Å². The van der Waals surface area contributed by atoms with Gasteiger partial charge in [-0.3, -0.25) is 25.2 Å². The summed E-state index contributed by atoms with van der Waals surface area (Å²) in [6.07, 6.45) is -0.142. The summed E-state index contributed by atoms with van der Waals surface area (Å²) < 4.78 is 6.12. The zero-order valence-corrected chi connectivity index (χ0v) is 18.3. The molecule has 0 aromatic heterocycles. The quantitative estimate of drug-likeness (QED) is 0.520. The second kappa shape index (κ2) is 10.8. The van der Waals surface area contributed by atoms with Gasteiger partial charge in [0, 0.05) is 28.0 Å². The molecule has 3 N–H and O–H groups in total. The number of anilines is 1. The maximum Gasteiger partial charge on any atom is 0.273 e. The minimum absolute atomic E-state index is 0.0469. The Morgan fingerprint density at radius 2 is 1.79 bits per heavy atom. The number of amides is 3. The van der Waals surface area contributed by atoms with Crippen LogP contribution in [0.1, 0.15) is 35.7 Å². The van der Waals surface area contributed by atoms with Crippen LogP contribution in [0, 0.1) is 6.92 Å². The van der Waals surface area contributed by atoms with Crippen LogP contribution in [0.5, 0.6) is 5.75 Å². The topological polar surface area (TPSA) is 96.5 Å². The maximum absolute atomic E-state index is 12.3. The highest BCUT2D eigenvalue weighted by molar-refractivity contribution is 9.10. The molecule has 9 heteroatoms. The molecule has 29 heavy (non-hydrogen) atoms. The zero-order chi connectivity index (χ0) is 21.4. The van der Waals surface area contributed by atoms with Gasteiger partial charge >= 0.3 is 0 Å². The number of hydrazine groups is 1. The van der Waals surface area contributed by atoms with E-state index in [0.717, 1.165) is 5.56 Å². The number of rotatable bonds is 7. The van der Waals surface area contributed by atoms with Crippen LogP contribution in [0.3, 0.4) is 0 Å². The van der Waals surface area contributed by atoms with Gasteiger partial charge in [0.2, 0.25) is 11.8 Å². The van der Waals surface area contributed by atoms with Gasteiger partial charge in [-0.2, -0.15) is 0 Å². The highest BCUT2D eigenvalue weighted by Gasteiger charge is 2.15. The van der Waals surface area contributed by atoms with E-state index in [0.29, 0.717) is 27.5 Å². The van der Waals surface area contributed by atoms with Crippen LogP contribution in [0.25, 0.3) is 0 Å². The number of carbonyl (C=O) groups excluding carboxylic acids is 3. The number of nitrogens with one attached hydrogen (secondary N) is 3. The highest BCUT2D eigenvalue weighted by Crippen LogP contribution is 2.24.